The number of oxazole rings is 1. The summed E-state index contributed by atoms with van der Waals surface area (Å²) in [7, 11) is 1.62. The Morgan fingerprint density at radius 1 is 1.48 bits per heavy atom. The number of aromatic nitrogens is 1. The van der Waals surface area contributed by atoms with Gasteiger partial charge in [-0.2, -0.15) is 0 Å². The third-order valence-corrected chi connectivity index (χ3v) is 3.95. The van der Waals surface area contributed by atoms with Crippen LogP contribution in [0.25, 0.3) is 11.1 Å². The highest BCUT2D eigenvalue weighted by atomic mass is 16.5. The van der Waals surface area contributed by atoms with E-state index >= 15 is 0 Å². The second-order valence-corrected chi connectivity index (χ2v) is 5.44. The number of hydrogen-bond acceptors (Lipinski definition) is 4. The number of para-hydroxylation sites is 2. The van der Waals surface area contributed by atoms with Crippen molar-refractivity contribution >= 4 is 17.0 Å². The molecule has 1 atom stereocenters. The monoisotopic (exact) mass is 288 g/mol. The molecule has 1 aromatic carbocycles. The first-order valence-corrected chi connectivity index (χ1v) is 7.40. The smallest absolute Gasteiger partial charge is 0.224 e. The SMILES string of the molecule is COCCC(=O)N1CCCC(c2nc3ccccc3o2)C1. The van der Waals surface area contributed by atoms with Crippen molar-refractivity contribution in [2.24, 2.45) is 0 Å². The number of piperidine rings is 1. The van der Waals surface area contributed by atoms with Gasteiger partial charge in [0.1, 0.15) is 5.52 Å². The van der Waals surface area contributed by atoms with Gasteiger partial charge in [0, 0.05) is 20.2 Å². The van der Waals surface area contributed by atoms with Crippen LogP contribution in [-0.2, 0) is 9.53 Å². The molecular weight excluding hydrogens is 268 g/mol. The Morgan fingerprint density at radius 2 is 2.33 bits per heavy atom. The minimum absolute atomic E-state index is 0.151. The molecular formula is C16H20N2O3. The fourth-order valence-corrected chi connectivity index (χ4v) is 2.82. The van der Waals surface area contributed by atoms with E-state index < -0.39 is 0 Å². The molecule has 112 valence electrons. The summed E-state index contributed by atoms with van der Waals surface area (Å²) in [6, 6.07) is 7.78. The lowest BCUT2D eigenvalue weighted by Gasteiger charge is -2.31. The third-order valence-electron chi connectivity index (χ3n) is 3.95. The second kappa shape index (κ2) is 6.26. The topological polar surface area (TPSA) is 55.6 Å². The first-order chi connectivity index (χ1) is 10.3. The zero-order chi connectivity index (χ0) is 14.7. The van der Waals surface area contributed by atoms with E-state index in [1.165, 1.54) is 0 Å². The molecule has 1 aliphatic rings. The summed E-state index contributed by atoms with van der Waals surface area (Å²) in [6.45, 7) is 1.98. The van der Waals surface area contributed by atoms with Gasteiger partial charge < -0.3 is 14.1 Å². The predicted molar refractivity (Wildman–Crippen MR) is 79.1 cm³/mol. The summed E-state index contributed by atoms with van der Waals surface area (Å²) < 4.78 is 10.8. The summed E-state index contributed by atoms with van der Waals surface area (Å²) in [5, 5.41) is 0. The van der Waals surface area contributed by atoms with Gasteiger partial charge in [-0.1, -0.05) is 12.1 Å². The number of rotatable bonds is 4. The Bertz CT molecular complexity index is 590. The fourth-order valence-electron chi connectivity index (χ4n) is 2.82. The molecule has 1 unspecified atom stereocenters. The lowest BCUT2D eigenvalue weighted by atomic mass is 9.98. The van der Waals surface area contributed by atoms with Crippen LogP contribution in [-0.4, -0.2) is 42.6 Å². The van der Waals surface area contributed by atoms with Crippen LogP contribution in [0.15, 0.2) is 28.7 Å². The first-order valence-electron chi connectivity index (χ1n) is 7.40. The third kappa shape index (κ3) is 3.08. The molecule has 3 rings (SSSR count). The van der Waals surface area contributed by atoms with Crippen LogP contribution in [0.3, 0.4) is 0 Å². The molecule has 0 spiro atoms. The van der Waals surface area contributed by atoms with Crippen molar-refractivity contribution in [1.29, 1.82) is 0 Å². The van der Waals surface area contributed by atoms with Gasteiger partial charge >= 0.3 is 0 Å². The van der Waals surface area contributed by atoms with Crippen molar-refractivity contribution < 1.29 is 13.9 Å². The Hall–Kier alpha value is -1.88. The van der Waals surface area contributed by atoms with Gasteiger partial charge in [0.25, 0.3) is 0 Å². The molecule has 1 amide bonds. The summed E-state index contributed by atoms with van der Waals surface area (Å²) in [5.41, 5.74) is 1.70. The Balaban J connectivity index is 1.72. The van der Waals surface area contributed by atoms with Crippen LogP contribution >= 0.6 is 0 Å². The zero-order valence-corrected chi connectivity index (χ0v) is 12.2. The van der Waals surface area contributed by atoms with Crippen molar-refractivity contribution in [2.45, 2.75) is 25.2 Å². The first kappa shape index (κ1) is 14.1. The Kier molecular flexibility index (Phi) is 4.20. The van der Waals surface area contributed by atoms with Crippen LogP contribution in [0.5, 0.6) is 0 Å². The van der Waals surface area contributed by atoms with E-state index in [0.717, 1.165) is 36.4 Å². The molecule has 1 saturated heterocycles. The zero-order valence-electron chi connectivity index (χ0n) is 12.2. The van der Waals surface area contributed by atoms with Gasteiger partial charge in [0.2, 0.25) is 5.91 Å². The molecule has 1 aliphatic heterocycles. The van der Waals surface area contributed by atoms with Crippen molar-refractivity contribution in [3.05, 3.63) is 30.2 Å². The van der Waals surface area contributed by atoms with Crippen LogP contribution in [0.1, 0.15) is 31.1 Å². The van der Waals surface area contributed by atoms with Gasteiger partial charge in [-0.05, 0) is 25.0 Å². The molecule has 21 heavy (non-hydrogen) atoms. The lowest BCUT2D eigenvalue weighted by Crippen LogP contribution is -2.39. The average molecular weight is 288 g/mol. The van der Waals surface area contributed by atoms with Crippen LogP contribution in [0, 0.1) is 0 Å². The van der Waals surface area contributed by atoms with E-state index in [4.69, 9.17) is 9.15 Å². The van der Waals surface area contributed by atoms with E-state index in [2.05, 4.69) is 4.98 Å². The Labute approximate surface area is 123 Å². The number of nitrogens with zero attached hydrogens (tertiary/aromatic N) is 2. The van der Waals surface area contributed by atoms with Crippen molar-refractivity contribution in [2.75, 3.05) is 26.8 Å². The fraction of sp³-hybridized carbons (Fsp3) is 0.500. The van der Waals surface area contributed by atoms with E-state index in [1.54, 1.807) is 7.11 Å². The van der Waals surface area contributed by atoms with Gasteiger partial charge in [0.15, 0.2) is 11.5 Å². The van der Waals surface area contributed by atoms with Crippen LogP contribution < -0.4 is 0 Å². The summed E-state index contributed by atoms with van der Waals surface area (Å²) in [5.74, 6) is 1.09. The number of carbonyl (C=O) groups is 1. The number of fused-ring (bicyclic) bond motifs is 1. The number of hydrogen-bond donors (Lipinski definition) is 0. The molecule has 1 fully saturated rings. The molecule has 2 heterocycles. The molecule has 0 saturated carbocycles. The summed E-state index contributed by atoms with van der Waals surface area (Å²) in [6.07, 6.45) is 2.44. The van der Waals surface area contributed by atoms with Gasteiger partial charge in [-0.3, -0.25) is 4.79 Å². The largest absolute Gasteiger partial charge is 0.440 e. The maximum absolute atomic E-state index is 12.1. The summed E-state index contributed by atoms with van der Waals surface area (Å²) >= 11 is 0. The molecule has 0 aliphatic carbocycles. The van der Waals surface area contributed by atoms with Crippen LogP contribution in [0.4, 0.5) is 0 Å². The van der Waals surface area contributed by atoms with Crippen LogP contribution in [0.2, 0.25) is 0 Å². The summed E-state index contributed by atoms with van der Waals surface area (Å²) in [4.78, 5) is 18.6. The normalized spacial score (nSPS) is 19.1. The standard InChI is InChI=1S/C16H20N2O3/c1-20-10-8-15(19)18-9-4-5-12(11-18)16-17-13-6-2-3-7-14(13)21-16/h2-3,6-7,12H,4-5,8-11H2,1H3. The highest BCUT2D eigenvalue weighted by Gasteiger charge is 2.27. The maximum Gasteiger partial charge on any atom is 0.224 e. The number of methoxy groups -OCH3 is 1. The lowest BCUT2D eigenvalue weighted by molar-refractivity contribution is -0.133. The van der Waals surface area contributed by atoms with E-state index in [-0.39, 0.29) is 11.8 Å². The predicted octanol–water partition coefficient (Wildman–Crippen LogP) is 2.57. The minimum Gasteiger partial charge on any atom is -0.440 e. The van der Waals surface area contributed by atoms with Crippen molar-refractivity contribution in [3.8, 4) is 0 Å². The minimum atomic E-state index is 0.151. The quantitative estimate of drug-likeness (QED) is 0.867. The number of ether oxygens (including phenoxy) is 1. The molecule has 0 N–H and O–H groups in total. The molecule has 0 radical (unpaired) electrons. The van der Waals surface area contributed by atoms with Crippen molar-refractivity contribution in [3.63, 3.8) is 0 Å². The number of benzene rings is 1. The van der Waals surface area contributed by atoms with E-state index in [0.29, 0.717) is 19.6 Å². The van der Waals surface area contributed by atoms with Gasteiger partial charge in [-0.25, -0.2) is 4.98 Å². The molecule has 5 heteroatoms. The number of likely N-dealkylation sites (tertiary alicyclic amines) is 1. The number of carbonyl (C=O) groups excluding carboxylic acids is 1. The van der Waals surface area contributed by atoms with E-state index in [1.807, 2.05) is 29.2 Å². The van der Waals surface area contributed by atoms with Crippen molar-refractivity contribution in [1.82, 2.24) is 9.88 Å². The molecule has 1 aromatic heterocycles. The molecule has 2 aromatic rings. The van der Waals surface area contributed by atoms with E-state index in [9.17, 15) is 4.79 Å². The average Bonchev–Trinajstić information content (AvgIpc) is 2.97. The Morgan fingerprint density at radius 3 is 3.14 bits per heavy atom. The second-order valence-electron chi connectivity index (χ2n) is 5.44. The highest BCUT2D eigenvalue weighted by Crippen LogP contribution is 2.29. The molecule has 0 bridgehead atoms. The highest BCUT2D eigenvalue weighted by molar-refractivity contribution is 5.76. The maximum atomic E-state index is 12.1. The van der Waals surface area contributed by atoms with Gasteiger partial charge in [-0.15, -0.1) is 0 Å². The number of amides is 1. The molecule has 5 nitrogen and oxygen atoms in total. The van der Waals surface area contributed by atoms with Gasteiger partial charge in [0.05, 0.1) is 18.9 Å².